The Morgan fingerprint density at radius 2 is 1.96 bits per heavy atom. The minimum absolute atomic E-state index is 0.115. The molecule has 1 aromatic carbocycles. The fraction of sp³-hybridized carbons (Fsp3) is 0.562. The zero-order valence-corrected chi connectivity index (χ0v) is 13.6. The molecule has 0 bridgehead atoms. The van der Waals surface area contributed by atoms with Crippen LogP contribution in [0.1, 0.15) is 13.8 Å². The molecular formula is C16H23N3O4. The number of morpholine rings is 1. The van der Waals surface area contributed by atoms with Crippen LogP contribution < -0.4 is 20.1 Å². The number of carbonyl (C=O) groups is 1. The minimum Gasteiger partial charge on any atom is -0.454 e. The molecule has 7 heteroatoms. The topological polar surface area (TPSA) is 72.1 Å². The quantitative estimate of drug-likeness (QED) is 0.882. The first-order valence-corrected chi connectivity index (χ1v) is 7.82. The van der Waals surface area contributed by atoms with Crippen molar-refractivity contribution in [3.05, 3.63) is 18.2 Å². The first-order chi connectivity index (χ1) is 11.0. The lowest BCUT2D eigenvalue weighted by molar-refractivity contribution is -0.00863. The fourth-order valence-electron chi connectivity index (χ4n) is 2.73. The molecule has 2 amide bonds. The summed E-state index contributed by atoms with van der Waals surface area (Å²) >= 11 is 0. The van der Waals surface area contributed by atoms with Crippen LogP contribution in [-0.4, -0.2) is 56.1 Å². The van der Waals surface area contributed by atoms with Crippen molar-refractivity contribution >= 4 is 11.7 Å². The van der Waals surface area contributed by atoms with Crippen molar-refractivity contribution in [2.45, 2.75) is 19.4 Å². The van der Waals surface area contributed by atoms with Gasteiger partial charge in [0, 0.05) is 36.9 Å². The van der Waals surface area contributed by atoms with E-state index >= 15 is 0 Å². The number of rotatable bonds is 4. The summed E-state index contributed by atoms with van der Waals surface area (Å²) in [5, 5.41) is 5.75. The van der Waals surface area contributed by atoms with E-state index in [0.717, 1.165) is 26.3 Å². The molecule has 0 radical (unpaired) electrons. The summed E-state index contributed by atoms with van der Waals surface area (Å²) in [7, 11) is 0. The number of amides is 2. The van der Waals surface area contributed by atoms with Gasteiger partial charge >= 0.3 is 6.03 Å². The summed E-state index contributed by atoms with van der Waals surface area (Å²) in [5.74, 6) is 1.35. The summed E-state index contributed by atoms with van der Waals surface area (Å²) < 4.78 is 15.9. The smallest absolute Gasteiger partial charge is 0.319 e. The Morgan fingerprint density at radius 3 is 2.74 bits per heavy atom. The molecule has 0 unspecified atom stereocenters. The first kappa shape index (κ1) is 15.9. The standard InChI is InChI=1S/C16H23N3O4/c1-16(2,19-5-7-21-8-6-19)10-17-15(20)18-12-3-4-13-14(9-12)23-11-22-13/h3-4,9H,5-8,10-11H2,1-2H3,(H2,17,18,20). The zero-order chi connectivity index (χ0) is 16.3. The Kier molecular flexibility index (Phi) is 4.58. The van der Waals surface area contributed by atoms with Crippen LogP contribution in [-0.2, 0) is 4.74 Å². The van der Waals surface area contributed by atoms with Crippen LogP contribution in [0.4, 0.5) is 10.5 Å². The number of fused-ring (bicyclic) bond motifs is 1. The Labute approximate surface area is 135 Å². The number of benzene rings is 1. The van der Waals surface area contributed by atoms with E-state index in [1.54, 1.807) is 18.2 Å². The number of nitrogens with one attached hydrogen (secondary N) is 2. The van der Waals surface area contributed by atoms with Crippen LogP contribution in [0.25, 0.3) is 0 Å². The van der Waals surface area contributed by atoms with Gasteiger partial charge in [0.2, 0.25) is 6.79 Å². The molecule has 0 saturated carbocycles. The van der Waals surface area contributed by atoms with Crippen LogP contribution in [0.5, 0.6) is 11.5 Å². The summed E-state index contributed by atoms with van der Waals surface area (Å²) in [6.07, 6.45) is 0. The molecule has 1 aromatic rings. The molecule has 2 N–H and O–H groups in total. The van der Waals surface area contributed by atoms with Crippen LogP contribution in [0.3, 0.4) is 0 Å². The predicted molar refractivity (Wildman–Crippen MR) is 86.1 cm³/mol. The molecule has 2 heterocycles. The van der Waals surface area contributed by atoms with E-state index in [-0.39, 0.29) is 18.4 Å². The third-order valence-electron chi connectivity index (χ3n) is 4.18. The van der Waals surface area contributed by atoms with E-state index in [1.807, 2.05) is 0 Å². The SMILES string of the molecule is CC(C)(CNC(=O)Nc1ccc2c(c1)OCO2)N1CCOCC1. The lowest BCUT2D eigenvalue weighted by atomic mass is 10.0. The van der Waals surface area contributed by atoms with Gasteiger partial charge in [-0.1, -0.05) is 0 Å². The minimum atomic E-state index is -0.231. The van der Waals surface area contributed by atoms with Gasteiger partial charge in [0.1, 0.15) is 0 Å². The van der Waals surface area contributed by atoms with Gasteiger partial charge in [-0.05, 0) is 26.0 Å². The molecular weight excluding hydrogens is 298 g/mol. The van der Waals surface area contributed by atoms with Gasteiger partial charge in [-0.3, -0.25) is 4.90 Å². The van der Waals surface area contributed by atoms with E-state index < -0.39 is 0 Å². The van der Waals surface area contributed by atoms with E-state index in [0.29, 0.717) is 23.7 Å². The molecule has 1 fully saturated rings. The van der Waals surface area contributed by atoms with E-state index in [9.17, 15) is 4.79 Å². The highest BCUT2D eigenvalue weighted by Gasteiger charge is 2.28. The van der Waals surface area contributed by atoms with Gasteiger partial charge in [-0.15, -0.1) is 0 Å². The molecule has 0 spiro atoms. The maximum atomic E-state index is 12.1. The molecule has 1 saturated heterocycles. The van der Waals surface area contributed by atoms with Crippen LogP contribution in [0.15, 0.2) is 18.2 Å². The molecule has 3 rings (SSSR count). The summed E-state index contributed by atoms with van der Waals surface area (Å²) in [6.45, 7) is 8.29. The highest BCUT2D eigenvalue weighted by atomic mass is 16.7. The third-order valence-corrected chi connectivity index (χ3v) is 4.18. The summed E-state index contributed by atoms with van der Waals surface area (Å²) in [6, 6.07) is 5.11. The zero-order valence-electron chi connectivity index (χ0n) is 13.6. The highest BCUT2D eigenvalue weighted by molar-refractivity contribution is 5.89. The second-order valence-corrected chi connectivity index (χ2v) is 6.29. The van der Waals surface area contributed by atoms with Gasteiger partial charge in [0.25, 0.3) is 0 Å². The maximum Gasteiger partial charge on any atom is 0.319 e. The molecule has 0 aromatic heterocycles. The average molecular weight is 321 g/mol. The molecule has 2 aliphatic rings. The number of nitrogens with zero attached hydrogens (tertiary/aromatic N) is 1. The van der Waals surface area contributed by atoms with Crippen molar-refractivity contribution in [2.75, 3.05) is 45.0 Å². The fourth-order valence-corrected chi connectivity index (χ4v) is 2.73. The van der Waals surface area contributed by atoms with E-state index in [4.69, 9.17) is 14.2 Å². The van der Waals surface area contributed by atoms with Crippen LogP contribution in [0, 0.1) is 0 Å². The van der Waals surface area contributed by atoms with Crippen LogP contribution in [0.2, 0.25) is 0 Å². The van der Waals surface area contributed by atoms with Gasteiger partial charge in [0.05, 0.1) is 13.2 Å². The number of carbonyl (C=O) groups excluding carboxylic acids is 1. The Hall–Kier alpha value is -1.99. The van der Waals surface area contributed by atoms with Crippen molar-refractivity contribution in [1.29, 1.82) is 0 Å². The van der Waals surface area contributed by atoms with Crippen molar-refractivity contribution in [2.24, 2.45) is 0 Å². The van der Waals surface area contributed by atoms with Gasteiger partial charge < -0.3 is 24.8 Å². The van der Waals surface area contributed by atoms with Crippen molar-refractivity contribution in [3.8, 4) is 11.5 Å². The largest absolute Gasteiger partial charge is 0.454 e. The monoisotopic (exact) mass is 321 g/mol. The third kappa shape index (κ3) is 3.86. The van der Waals surface area contributed by atoms with Crippen molar-refractivity contribution in [3.63, 3.8) is 0 Å². The van der Waals surface area contributed by atoms with E-state index in [2.05, 4.69) is 29.4 Å². The first-order valence-electron chi connectivity index (χ1n) is 7.82. The molecule has 7 nitrogen and oxygen atoms in total. The maximum absolute atomic E-state index is 12.1. The average Bonchev–Trinajstić information content (AvgIpc) is 3.02. The Morgan fingerprint density at radius 1 is 1.22 bits per heavy atom. The predicted octanol–water partition coefficient (Wildman–Crippen LogP) is 1.65. The molecule has 23 heavy (non-hydrogen) atoms. The Balaban J connectivity index is 1.51. The normalized spacial score (nSPS) is 17.8. The van der Waals surface area contributed by atoms with Gasteiger partial charge in [-0.2, -0.15) is 0 Å². The van der Waals surface area contributed by atoms with Crippen molar-refractivity contribution < 1.29 is 19.0 Å². The second-order valence-electron chi connectivity index (χ2n) is 6.29. The molecule has 126 valence electrons. The van der Waals surface area contributed by atoms with E-state index in [1.165, 1.54) is 0 Å². The lowest BCUT2D eigenvalue weighted by Gasteiger charge is -2.40. The number of hydrogen-bond donors (Lipinski definition) is 2. The summed E-state index contributed by atoms with van der Waals surface area (Å²) in [5.41, 5.74) is 0.562. The lowest BCUT2D eigenvalue weighted by Crippen LogP contribution is -2.55. The number of urea groups is 1. The number of anilines is 1. The number of ether oxygens (including phenoxy) is 3. The highest BCUT2D eigenvalue weighted by Crippen LogP contribution is 2.34. The van der Waals surface area contributed by atoms with Gasteiger partial charge in [-0.25, -0.2) is 4.79 Å². The Bertz CT molecular complexity index is 570. The van der Waals surface area contributed by atoms with Gasteiger partial charge in [0.15, 0.2) is 11.5 Å². The van der Waals surface area contributed by atoms with Crippen molar-refractivity contribution in [1.82, 2.24) is 10.2 Å². The second kappa shape index (κ2) is 6.64. The van der Waals surface area contributed by atoms with Crippen LogP contribution >= 0.6 is 0 Å². The summed E-state index contributed by atoms with van der Waals surface area (Å²) in [4.78, 5) is 14.4. The molecule has 0 aliphatic carbocycles. The molecule has 0 atom stereocenters. The number of hydrogen-bond acceptors (Lipinski definition) is 5. The molecule has 2 aliphatic heterocycles.